The van der Waals surface area contributed by atoms with Crippen molar-refractivity contribution < 1.29 is 17.9 Å². The predicted octanol–water partition coefficient (Wildman–Crippen LogP) is 4.95. The molecule has 2 heterocycles. The Morgan fingerprint density at radius 3 is 2.60 bits per heavy atom. The molecule has 4 aromatic rings. The number of methoxy groups -OCH3 is 1. The van der Waals surface area contributed by atoms with Gasteiger partial charge >= 0.3 is 0 Å². The van der Waals surface area contributed by atoms with Crippen LogP contribution >= 0.6 is 0 Å². The van der Waals surface area contributed by atoms with Crippen molar-refractivity contribution in [1.82, 2.24) is 19.9 Å². The Morgan fingerprint density at radius 2 is 1.88 bits per heavy atom. The lowest BCUT2D eigenvalue weighted by molar-refractivity contribution is 0.102. The van der Waals surface area contributed by atoms with E-state index in [1.54, 1.807) is 19.5 Å². The third-order valence-electron chi connectivity index (χ3n) is 6.45. The van der Waals surface area contributed by atoms with Crippen LogP contribution in [0.5, 0.6) is 5.75 Å². The van der Waals surface area contributed by atoms with Gasteiger partial charge in [-0.1, -0.05) is 37.8 Å². The van der Waals surface area contributed by atoms with Gasteiger partial charge in [-0.3, -0.25) is 9.78 Å². The van der Waals surface area contributed by atoms with Crippen LogP contribution in [0.25, 0.3) is 11.3 Å². The van der Waals surface area contributed by atoms with Gasteiger partial charge in [-0.25, -0.2) is 23.4 Å². The first-order valence-electron chi connectivity index (χ1n) is 12.7. The maximum Gasteiger partial charge on any atom is 0.258 e. The SMILES string of the molecule is C=CS(=O)(=O)CCc1ncc(C(=O)Nc2cccc(C(C)Cc3cncc(-c4ccc(C)c(OC)c4)n3)c2)cn1. The fourth-order valence-corrected chi connectivity index (χ4v) is 4.73. The molecule has 0 radical (unpaired) electrons. The number of benzene rings is 2. The van der Waals surface area contributed by atoms with Gasteiger partial charge in [0.15, 0.2) is 9.84 Å². The number of amides is 1. The lowest BCUT2D eigenvalue weighted by Crippen LogP contribution is -2.14. The molecule has 2 aromatic carbocycles. The molecule has 1 unspecified atom stereocenters. The van der Waals surface area contributed by atoms with Crippen LogP contribution in [0.1, 0.15) is 45.8 Å². The van der Waals surface area contributed by atoms with E-state index in [2.05, 4.69) is 33.8 Å². The Morgan fingerprint density at radius 1 is 1.10 bits per heavy atom. The van der Waals surface area contributed by atoms with Gasteiger partial charge in [-0.2, -0.15) is 0 Å². The molecule has 0 aliphatic heterocycles. The van der Waals surface area contributed by atoms with Crippen LogP contribution < -0.4 is 10.1 Å². The van der Waals surface area contributed by atoms with Crippen LogP contribution in [-0.2, 0) is 22.7 Å². The fourth-order valence-electron chi connectivity index (χ4n) is 4.10. The van der Waals surface area contributed by atoms with E-state index >= 15 is 0 Å². The van der Waals surface area contributed by atoms with Crippen molar-refractivity contribution in [3.8, 4) is 17.0 Å². The number of anilines is 1. The van der Waals surface area contributed by atoms with Crippen LogP contribution in [0.2, 0.25) is 0 Å². The van der Waals surface area contributed by atoms with Crippen molar-refractivity contribution in [3.63, 3.8) is 0 Å². The van der Waals surface area contributed by atoms with Gasteiger partial charge in [0.25, 0.3) is 5.91 Å². The molecular formula is C30H31N5O4S. The molecule has 0 saturated carbocycles. The number of ether oxygens (including phenoxy) is 1. The van der Waals surface area contributed by atoms with Gasteiger partial charge in [-0.15, -0.1) is 0 Å². The van der Waals surface area contributed by atoms with Gasteiger partial charge in [-0.05, 0) is 48.6 Å². The van der Waals surface area contributed by atoms with E-state index < -0.39 is 9.84 Å². The summed E-state index contributed by atoms with van der Waals surface area (Å²) in [5, 5.41) is 3.79. The maximum atomic E-state index is 12.8. The summed E-state index contributed by atoms with van der Waals surface area (Å²) in [6.07, 6.45) is 7.10. The van der Waals surface area contributed by atoms with Crippen molar-refractivity contribution in [2.24, 2.45) is 0 Å². The Kier molecular flexibility index (Phi) is 9.00. The summed E-state index contributed by atoms with van der Waals surface area (Å²) in [5.41, 5.74) is 5.58. The van der Waals surface area contributed by atoms with Gasteiger partial charge in [0, 0.05) is 41.7 Å². The predicted molar refractivity (Wildman–Crippen MR) is 155 cm³/mol. The quantitative estimate of drug-likeness (QED) is 0.275. The number of carbonyl (C=O) groups excluding carboxylic acids is 1. The zero-order valence-corrected chi connectivity index (χ0v) is 23.5. The summed E-state index contributed by atoms with van der Waals surface area (Å²) >= 11 is 0. The van der Waals surface area contributed by atoms with Crippen molar-refractivity contribution in [1.29, 1.82) is 0 Å². The van der Waals surface area contributed by atoms with E-state index in [4.69, 9.17) is 9.72 Å². The molecule has 4 rings (SSSR count). The van der Waals surface area contributed by atoms with Crippen LogP contribution in [-0.4, -0.2) is 47.1 Å². The van der Waals surface area contributed by atoms with E-state index in [9.17, 15) is 13.2 Å². The van der Waals surface area contributed by atoms with Crippen LogP contribution in [0.15, 0.2) is 79.2 Å². The normalized spacial score (nSPS) is 12.0. The summed E-state index contributed by atoms with van der Waals surface area (Å²) in [7, 11) is -1.69. The minimum absolute atomic E-state index is 0.114. The molecule has 0 aliphatic carbocycles. The zero-order valence-electron chi connectivity index (χ0n) is 22.7. The number of aromatic nitrogens is 4. The molecule has 1 N–H and O–H groups in total. The largest absolute Gasteiger partial charge is 0.496 e. The molecule has 40 heavy (non-hydrogen) atoms. The smallest absolute Gasteiger partial charge is 0.258 e. The highest BCUT2D eigenvalue weighted by Gasteiger charge is 2.14. The van der Waals surface area contributed by atoms with E-state index in [-0.39, 0.29) is 29.6 Å². The molecule has 9 nitrogen and oxygen atoms in total. The highest BCUT2D eigenvalue weighted by atomic mass is 32.2. The highest BCUT2D eigenvalue weighted by Crippen LogP contribution is 2.27. The minimum atomic E-state index is -3.34. The first kappa shape index (κ1) is 28.6. The lowest BCUT2D eigenvalue weighted by atomic mass is 9.95. The minimum Gasteiger partial charge on any atom is -0.496 e. The lowest BCUT2D eigenvalue weighted by Gasteiger charge is -2.14. The van der Waals surface area contributed by atoms with E-state index in [0.717, 1.165) is 39.2 Å². The molecule has 1 atom stereocenters. The number of sulfone groups is 1. The van der Waals surface area contributed by atoms with Gasteiger partial charge < -0.3 is 10.1 Å². The number of rotatable bonds is 11. The Labute approximate surface area is 234 Å². The number of nitrogens with zero attached hydrogens (tertiary/aromatic N) is 4. The molecule has 0 spiro atoms. The molecule has 10 heteroatoms. The Bertz CT molecular complexity index is 1620. The number of nitrogens with one attached hydrogen (secondary N) is 1. The molecule has 0 bridgehead atoms. The first-order valence-corrected chi connectivity index (χ1v) is 14.4. The summed E-state index contributed by atoms with van der Waals surface area (Å²) < 4.78 is 28.6. The standard InChI is InChI=1S/C30H31N5O4S/c1-5-40(37,38)12-11-29-32-16-24(17-33-29)30(36)35-25-8-6-7-22(14-25)21(3)13-26-18-31-19-27(34-26)23-10-9-20(2)28(15-23)39-4/h5-10,14-19,21H,1,11-13H2,2-4H3,(H,35,36). The molecule has 2 aromatic heterocycles. The summed E-state index contributed by atoms with van der Waals surface area (Å²) in [5.74, 6) is 0.763. The van der Waals surface area contributed by atoms with E-state index in [1.165, 1.54) is 12.4 Å². The Balaban J connectivity index is 1.41. The summed E-state index contributed by atoms with van der Waals surface area (Å²) in [6, 6.07) is 13.6. The molecule has 206 valence electrons. The van der Waals surface area contributed by atoms with Crippen LogP contribution in [0, 0.1) is 6.92 Å². The third-order valence-corrected chi connectivity index (χ3v) is 7.73. The third kappa shape index (κ3) is 7.35. The van der Waals surface area contributed by atoms with Crippen LogP contribution in [0.4, 0.5) is 5.69 Å². The second-order valence-corrected chi connectivity index (χ2v) is 11.5. The number of hydrogen-bond donors (Lipinski definition) is 1. The number of hydrogen-bond acceptors (Lipinski definition) is 8. The molecule has 0 fully saturated rings. The highest BCUT2D eigenvalue weighted by molar-refractivity contribution is 7.94. The van der Waals surface area contributed by atoms with Gasteiger partial charge in [0.2, 0.25) is 0 Å². The van der Waals surface area contributed by atoms with Gasteiger partial charge in [0.1, 0.15) is 11.6 Å². The average Bonchev–Trinajstić information content (AvgIpc) is 2.97. The van der Waals surface area contributed by atoms with Crippen molar-refractivity contribution in [2.45, 2.75) is 32.6 Å². The molecule has 0 saturated heterocycles. The molecular weight excluding hydrogens is 526 g/mol. The molecule has 1 amide bonds. The fraction of sp³-hybridized carbons (Fsp3) is 0.233. The van der Waals surface area contributed by atoms with E-state index in [0.29, 0.717) is 17.9 Å². The topological polar surface area (TPSA) is 124 Å². The summed E-state index contributed by atoms with van der Waals surface area (Å²) in [4.78, 5) is 30.2. The Hall–Kier alpha value is -4.44. The van der Waals surface area contributed by atoms with E-state index in [1.807, 2.05) is 49.4 Å². The van der Waals surface area contributed by atoms with Crippen LogP contribution in [0.3, 0.4) is 0 Å². The maximum absolute atomic E-state index is 12.8. The molecule has 0 aliphatic rings. The second kappa shape index (κ2) is 12.6. The van der Waals surface area contributed by atoms with Gasteiger partial charge in [0.05, 0.1) is 36.0 Å². The summed E-state index contributed by atoms with van der Waals surface area (Å²) in [6.45, 7) is 7.39. The van der Waals surface area contributed by atoms with Crippen molar-refractivity contribution in [2.75, 3.05) is 18.2 Å². The number of aryl methyl sites for hydroxylation is 2. The first-order chi connectivity index (χ1) is 19.2. The van der Waals surface area contributed by atoms with Crippen molar-refractivity contribution >= 4 is 21.4 Å². The van der Waals surface area contributed by atoms with Crippen molar-refractivity contribution in [3.05, 3.63) is 107 Å². The number of carbonyl (C=O) groups is 1. The zero-order chi connectivity index (χ0) is 28.7. The second-order valence-electron chi connectivity index (χ2n) is 9.44. The average molecular weight is 558 g/mol. The monoisotopic (exact) mass is 557 g/mol.